The first-order valence-corrected chi connectivity index (χ1v) is 9.36. The van der Waals surface area contributed by atoms with Crippen LogP contribution in [0.1, 0.15) is 52.9 Å². The summed E-state index contributed by atoms with van der Waals surface area (Å²) >= 11 is 1.74. The number of amides is 2. The maximum Gasteiger partial charge on any atom is 0.249 e. The highest BCUT2D eigenvalue weighted by molar-refractivity contribution is 7.99. The molecule has 2 atom stereocenters. The molecule has 2 aliphatic rings. The van der Waals surface area contributed by atoms with Gasteiger partial charge in [0.2, 0.25) is 11.8 Å². The molecule has 0 aromatic carbocycles. The lowest BCUT2D eigenvalue weighted by Crippen LogP contribution is -2.72. The number of nitrogens with one attached hydrogen (secondary N) is 1. The van der Waals surface area contributed by atoms with E-state index in [9.17, 15) is 9.59 Å². The molecule has 0 aromatic heterocycles. The Bertz CT molecular complexity index is 405. The topological polar surface area (TPSA) is 49.4 Å². The van der Waals surface area contributed by atoms with Gasteiger partial charge in [-0.25, -0.2) is 0 Å². The molecule has 0 bridgehead atoms. The van der Waals surface area contributed by atoms with Crippen LogP contribution in [0.5, 0.6) is 0 Å². The molecule has 0 aromatic rings. The third-order valence-electron chi connectivity index (χ3n) is 4.83. The van der Waals surface area contributed by atoms with Crippen LogP contribution in [0.2, 0.25) is 0 Å². The molecule has 1 spiro atoms. The Kier molecular flexibility index (Phi) is 5.23. The zero-order valence-corrected chi connectivity index (χ0v) is 14.5. The number of carbonyl (C=O) groups excluding carboxylic acids is 2. The maximum absolute atomic E-state index is 13.1. The van der Waals surface area contributed by atoms with E-state index in [-0.39, 0.29) is 23.8 Å². The van der Waals surface area contributed by atoms with E-state index in [0.29, 0.717) is 11.8 Å². The zero-order valence-electron chi connectivity index (χ0n) is 13.6. The van der Waals surface area contributed by atoms with Crippen LogP contribution in [-0.2, 0) is 9.59 Å². The summed E-state index contributed by atoms with van der Waals surface area (Å²) in [5.41, 5.74) is -0.612. The molecule has 2 fully saturated rings. The van der Waals surface area contributed by atoms with Crippen molar-refractivity contribution in [1.82, 2.24) is 10.2 Å². The predicted molar refractivity (Wildman–Crippen MR) is 87.3 cm³/mol. The van der Waals surface area contributed by atoms with Crippen molar-refractivity contribution in [2.45, 2.75) is 69.7 Å². The Balaban J connectivity index is 2.28. The summed E-state index contributed by atoms with van der Waals surface area (Å²) in [6, 6.07) is -0.320. The van der Waals surface area contributed by atoms with E-state index in [1.165, 1.54) is 6.42 Å². The van der Waals surface area contributed by atoms with Gasteiger partial charge in [-0.2, -0.15) is 11.8 Å². The molecule has 1 aliphatic carbocycles. The Morgan fingerprint density at radius 3 is 2.38 bits per heavy atom. The van der Waals surface area contributed by atoms with Crippen LogP contribution in [0, 0.1) is 5.92 Å². The molecule has 1 saturated heterocycles. The molecule has 2 amide bonds. The van der Waals surface area contributed by atoms with E-state index in [1.54, 1.807) is 11.8 Å². The predicted octanol–water partition coefficient (Wildman–Crippen LogP) is 2.42. The summed E-state index contributed by atoms with van der Waals surface area (Å²) in [5, 5.41) is 3.45. The summed E-state index contributed by atoms with van der Waals surface area (Å²) < 4.78 is 0. The van der Waals surface area contributed by atoms with Crippen molar-refractivity contribution in [3.63, 3.8) is 0 Å². The van der Waals surface area contributed by atoms with Crippen molar-refractivity contribution in [2.75, 3.05) is 12.8 Å². The van der Waals surface area contributed by atoms with E-state index < -0.39 is 5.54 Å². The van der Waals surface area contributed by atoms with Gasteiger partial charge in [0.15, 0.2) is 0 Å². The number of hydrogen-bond acceptors (Lipinski definition) is 3. The van der Waals surface area contributed by atoms with Crippen LogP contribution < -0.4 is 5.32 Å². The monoisotopic (exact) mass is 312 g/mol. The third-order valence-corrected chi connectivity index (χ3v) is 5.79. The molecule has 4 nitrogen and oxygen atoms in total. The highest BCUT2D eigenvalue weighted by Gasteiger charge is 2.51. The molecule has 5 heteroatoms. The molecule has 120 valence electrons. The second-order valence-electron chi connectivity index (χ2n) is 6.82. The Morgan fingerprint density at radius 2 is 1.86 bits per heavy atom. The van der Waals surface area contributed by atoms with E-state index >= 15 is 0 Å². The minimum absolute atomic E-state index is 0.0415. The summed E-state index contributed by atoms with van der Waals surface area (Å²) in [5.74, 6) is 0.338. The fourth-order valence-electron chi connectivity index (χ4n) is 3.61. The summed E-state index contributed by atoms with van der Waals surface area (Å²) in [7, 11) is 0. The Labute approximate surface area is 132 Å². The van der Waals surface area contributed by atoms with Crippen molar-refractivity contribution in [2.24, 2.45) is 5.92 Å². The van der Waals surface area contributed by atoms with Gasteiger partial charge in [-0.1, -0.05) is 40.0 Å². The van der Waals surface area contributed by atoms with Gasteiger partial charge in [-0.05, 0) is 25.0 Å². The van der Waals surface area contributed by atoms with E-state index in [2.05, 4.69) is 18.5 Å². The van der Waals surface area contributed by atoms with Gasteiger partial charge in [0.05, 0.1) is 0 Å². The van der Waals surface area contributed by atoms with E-state index in [1.807, 2.05) is 18.7 Å². The summed E-state index contributed by atoms with van der Waals surface area (Å²) in [6.45, 7) is 6.83. The maximum atomic E-state index is 13.1. The van der Waals surface area contributed by atoms with Crippen molar-refractivity contribution < 1.29 is 9.59 Å². The van der Waals surface area contributed by atoms with E-state index in [4.69, 9.17) is 0 Å². The van der Waals surface area contributed by atoms with Gasteiger partial charge in [-0.15, -0.1) is 0 Å². The summed E-state index contributed by atoms with van der Waals surface area (Å²) in [4.78, 5) is 27.6. The minimum atomic E-state index is -0.612. The van der Waals surface area contributed by atoms with Gasteiger partial charge >= 0.3 is 0 Å². The Hall–Kier alpha value is -0.710. The lowest BCUT2D eigenvalue weighted by atomic mass is 9.77. The average molecular weight is 312 g/mol. The lowest BCUT2D eigenvalue weighted by Gasteiger charge is -2.49. The molecule has 2 rings (SSSR count). The second kappa shape index (κ2) is 6.59. The highest BCUT2D eigenvalue weighted by Crippen LogP contribution is 2.35. The summed E-state index contributed by atoms with van der Waals surface area (Å²) in [6.07, 6.45) is 6.88. The van der Waals surface area contributed by atoms with Crippen LogP contribution in [0.4, 0.5) is 0 Å². The normalized spacial score (nSPS) is 27.1. The molecule has 1 saturated carbocycles. The number of carbonyl (C=O) groups is 2. The molecule has 2 unspecified atom stereocenters. The molecule has 1 heterocycles. The van der Waals surface area contributed by atoms with Gasteiger partial charge in [-0.3, -0.25) is 9.59 Å². The average Bonchev–Trinajstić information content (AvgIpc) is 2.44. The second-order valence-corrected chi connectivity index (χ2v) is 8.10. The highest BCUT2D eigenvalue weighted by atomic mass is 32.2. The first kappa shape index (κ1) is 16.7. The van der Waals surface area contributed by atoms with Gasteiger partial charge in [0.1, 0.15) is 11.6 Å². The van der Waals surface area contributed by atoms with Crippen molar-refractivity contribution in [3.05, 3.63) is 0 Å². The largest absolute Gasteiger partial charge is 0.340 e. The fraction of sp³-hybridized carbons (Fsp3) is 0.875. The van der Waals surface area contributed by atoms with Crippen LogP contribution in [0.25, 0.3) is 0 Å². The van der Waals surface area contributed by atoms with Crippen LogP contribution >= 0.6 is 11.8 Å². The SMILES string of the molecule is CSC(C)CN1C(=O)C2(CCCCC2)NC(=O)C1C(C)C. The number of hydrogen-bond donors (Lipinski definition) is 1. The van der Waals surface area contributed by atoms with Gasteiger partial charge < -0.3 is 10.2 Å². The zero-order chi connectivity index (χ0) is 15.6. The third kappa shape index (κ3) is 3.22. The number of thioether (sulfide) groups is 1. The number of nitrogens with zero attached hydrogens (tertiary/aromatic N) is 1. The minimum Gasteiger partial charge on any atom is -0.340 e. The quantitative estimate of drug-likeness (QED) is 0.867. The standard InChI is InChI=1S/C16H28N2O2S/c1-11(2)13-14(19)17-16(8-6-5-7-9-16)15(20)18(13)10-12(3)21-4/h11-13H,5-10H2,1-4H3,(H,17,19). The first-order chi connectivity index (χ1) is 9.91. The Morgan fingerprint density at radius 1 is 1.24 bits per heavy atom. The molecule has 1 N–H and O–H groups in total. The molecular formula is C16H28N2O2S. The van der Waals surface area contributed by atoms with Crippen molar-refractivity contribution >= 4 is 23.6 Å². The van der Waals surface area contributed by atoms with Crippen molar-refractivity contribution in [3.8, 4) is 0 Å². The van der Waals surface area contributed by atoms with Gasteiger partial charge in [0.25, 0.3) is 0 Å². The van der Waals surface area contributed by atoms with Gasteiger partial charge in [0, 0.05) is 11.8 Å². The lowest BCUT2D eigenvalue weighted by molar-refractivity contribution is -0.158. The van der Waals surface area contributed by atoms with Crippen LogP contribution in [0.3, 0.4) is 0 Å². The van der Waals surface area contributed by atoms with Crippen molar-refractivity contribution in [1.29, 1.82) is 0 Å². The molecular weight excluding hydrogens is 284 g/mol. The molecule has 0 radical (unpaired) electrons. The smallest absolute Gasteiger partial charge is 0.249 e. The van der Waals surface area contributed by atoms with Crippen LogP contribution in [-0.4, -0.2) is 46.3 Å². The number of rotatable bonds is 4. The number of piperazine rings is 1. The molecule has 21 heavy (non-hydrogen) atoms. The van der Waals surface area contributed by atoms with Crippen LogP contribution in [0.15, 0.2) is 0 Å². The fourth-order valence-corrected chi connectivity index (χ4v) is 3.92. The van der Waals surface area contributed by atoms with E-state index in [0.717, 1.165) is 25.7 Å². The molecule has 1 aliphatic heterocycles. The first-order valence-electron chi connectivity index (χ1n) is 8.07.